The van der Waals surface area contributed by atoms with Gasteiger partial charge in [-0.1, -0.05) is 23.5 Å². The van der Waals surface area contributed by atoms with Crippen LogP contribution in [0.1, 0.15) is 17.3 Å². The number of nitrogens with zero attached hydrogens (tertiary/aromatic N) is 2. The van der Waals surface area contributed by atoms with E-state index >= 15 is 0 Å². The molecule has 7 heteroatoms. The molecule has 0 saturated heterocycles. The molecule has 0 atom stereocenters. The van der Waals surface area contributed by atoms with Gasteiger partial charge in [0.2, 0.25) is 0 Å². The van der Waals surface area contributed by atoms with Gasteiger partial charge in [0, 0.05) is 0 Å². The number of carbonyl (C=O) groups excluding carboxylic acids is 1. The molecule has 1 aromatic carbocycles. The van der Waals surface area contributed by atoms with Gasteiger partial charge in [-0.3, -0.25) is 9.20 Å². The molecule has 0 saturated carbocycles. The Hall–Kier alpha value is -1.86. The summed E-state index contributed by atoms with van der Waals surface area (Å²) in [6, 6.07) is 7.53. The van der Waals surface area contributed by atoms with Gasteiger partial charge < -0.3 is 4.74 Å². The van der Waals surface area contributed by atoms with Crippen molar-refractivity contribution in [3.05, 3.63) is 40.2 Å². The number of fused-ring (bicyclic) bond motifs is 3. The van der Waals surface area contributed by atoms with Crippen LogP contribution in [0.15, 0.2) is 34.1 Å². The van der Waals surface area contributed by atoms with Gasteiger partial charge in [-0.2, -0.15) is 0 Å². The van der Waals surface area contributed by atoms with Crippen molar-refractivity contribution in [2.75, 3.05) is 12.9 Å². The average molecular weight is 320 g/mol. The summed E-state index contributed by atoms with van der Waals surface area (Å²) in [5.41, 5.74) is 0.388. The summed E-state index contributed by atoms with van der Waals surface area (Å²) in [7, 11) is 0. The summed E-state index contributed by atoms with van der Waals surface area (Å²) < 4.78 is 7.42. The first-order valence-corrected chi connectivity index (χ1v) is 8.37. The topological polar surface area (TPSA) is 60.7 Å². The van der Waals surface area contributed by atoms with E-state index in [1.54, 1.807) is 13.2 Å². The second-order valence-corrected chi connectivity index (χ2v) is 6.01. The van der Waals surface area contributed by atoms with Gasteiger partial charge >= 0.3 is 5.97 Å². The number of thioether (sulfide) groups is 1. The number of ether oxygens (including phenoxy) is 1. The standard InChI is InChI=1S/C14H12N2O3S2/c1-3-19-13(18)10-11(20-2)15-14-16(12(10)17)8-6-4-5-7-9(8)21-14/h4-7H,3H2,1-2H3. The van der Waals surface area contributed by atoms with Gasteiger partial charge in [0.05, 0.1) is 16.8 Å². The van der Waals surface area contributed by atoms with E-state index < -0.39 is 5.97 Å². The van der Waals surface area contributed by atoms with E-state index in [4.69, 9.17) is 4.74 Å². The Kier molecular flexibility index (Phi) is 3.69. The number of para-hydroxylation sites is 1. The van der Waals surface area contributed by atoms with E-state index in [0.29, 0.717) is 9.99 Å². The molecule has 0 aliphatic heterocycles. The predicted molar refractivity (Wildman–Crippen MR) is 84.6 cm³/mol. The molecule has 0 aliphatic rings. The summed E-state index contributed by atoms with van der Waals surface area (Å²) in [5.74, 6) is -0.621. The van der Waals surface area contributed by atoms with E-state index in [9.17, 15) is 9.59 Å². The Morgan fingerprint density at radius 3 is 2.90 bits per heavy atom. The van der Waals surface area contributed by atoms with Gasteiger partial charge in [0.25, 0.3) is 5.56 Å². The minimum absolute atomic E-state index is 0.00500. The second kappa shape index (κ2) is 5.50. The van der Waals surface area contributed by atoms with Crippen LogP contribution in [0.2, 0.25) is 0 Å². The average Bonchev–Trinajstić information content (AvgIpc) is 2.85. The molecule has 5 nitrogen and oxygen atoms in total. The van der Waals surface area contributed by atoms with Crippen LogP contribution in [0.4, 0.5) is 0 Å². The summed E-state index contributed by atoms with van der Waals surface area (Å²) in [5, 5.41) is 0.407. The predicted octanol–water partition coefficient (Wildman–Crippen LogP) is 2.81. The third-order valence-corrected chi connectivity index (χ3v) is 4.70. The third kappa shape index (κ3) is 2.22. The van der Waals surface area contributed by atoms with Crippen LogP contribution in [-0.4, -0.2) is 28.2 Å². The van der Waals surface area contributed by atoms with Crippen LogP contribution in [0.3, 0.4) is 0 Å². The smallest absolute Gasteiger partial charge is 0.346 e. The van der Waals surface area contributed by atoms with Gasteiger partial charge in [0.1, 0.15) is 5.03 Å². The fourth-order valence-corrected chi connectivity index (χ4v) is 3.74. The number of hydrogen-bond acceptors (Lipinski definition) is 6. The van der Waals surface area contributed by atoms with Gasteiger partial charge in [-0.25, -0.2) is 9.78 Å². The molecule has 0 amide bonds. The quantitative estimate of drug-likeness (QED) is 0.422. The van der Waals surface area contributed by atoms with Crippen molar-refractivity contribution < 1.29 is 9.53 Å². The summed E-state index contributed by atoms with van der Waals surface area (Å²) in [4.78, 5) is 29.8. The van der Waals surface area contributed by atoms with Crippen LogP contribution in [-0.2, 0) is 4.74 Å². The molecule has 0 fully saturated rings. The Labute approximate surface area is 128 Å². The van der Waals surface area contributed by atoms with Gasteiger partial charge in [0.15, 0.2) is 10.5 Å². The van der Waals surface area contributed by atoms with Crippen molar-refractivity contribution >= 4 is 44.2 Å². The first-order valence-electron chi connectivity index (χ1n) is 6.32. The van der Waals surface area contributed by atoms with Crippen LogP contribution in [0, 0.1) is 0 Å². The molecule has 0 bridgehead atoms. The lowest BCUT2D eigenvalue weighted by atomic mass is 10.3. The number of hydrogen-bond donors (Lipinski definition) is 0. The van der Waals surface area contributed by atoms with E-state index in [2.05, 4.69) is 4.98 Å². The van der Waals surface area contributed by atoms with Crippen LogP contribution >= 0.6 is 23.1 Å². The molecule has 108 valence electrons. The Balaban J connectivity index is 2.41. The number of benzene rings is 1. The minimum atomic E-state index is -0.621. The molecule has 3 aromatic rings. The third-order valence-electron chi connectivity index (χ3n) is 3.00. The molecule has 2 heterocycles. The van der Waals surface area contributed by atoms with Crippen molar-refractivity contribution in [3.63, 3.8) is 0 Å². The molecule has 21 heavy (non-hydrogen) atoms. The van der Waals surface area contributed by atoms with E-state index in [0.717, 1.165) is 10.2 Å². The Bertz CT molecular complexity index is 898. The molecule has 2 aromatic heterocycles. The second-order valence-electron chi connectivity index (χ2n) is 4.21. The molecule has 0 unspecified atom stereocenters. The molecule has 0 N–H and O–H groups in total. The lowest BCUT2D eigenvalue weighted by Gasteiger charge is -2.06. The lowest BCUT2D eigenvalue weighted by molar-refractivity contribution is 0.0519. The number of aromatic nitrogens is 2. The first-order chi connectivity index (χ1) is 10.2. The van der Waals surface area contributed by atoms with Crippen molar-refractivity contribution in [3.8, 4) is 0 Å². The van der Waals surface area contributed by atoms with E-state index in [1.165, 1.54) is 27.5 Å². The summed E-state index contributed by atoms with van der Waals surface area (Å²) in [6.07, 6.45) is 1.79. The highest BCUT2D eigenvalue weighted by molar-refractivity contribution is 7.98. The molecular weight excluding hydrogens is 308 g/mol. The molecule has 3 rings (SSSR count). The molecular formula is C14H12N2O3S2. The highest BCUT2D eigenvalue weighted by atomic mass is 32.2. The Morgan fingerprint density at radius 1 is 1.43 bits per heavy atom. The fraction of sp³-hybridized carbons (Fsp3) is 0.214. The maximum absolute atomic E-state index is 12.7. The minimum Gasteiger partial charge on any atom is -0.462 e. The summed E-state index contributed by atoms with van der Waals surface area (Å²) >= 11 is 2.70. The number of carbonyl (C=O) groups is 1. The maximum atomic E-state index is 12.7. The normalized spacial score (nSPS) is 11.1. The van der Waals surface area contributed by atoms with Crippen LogP contribution in [0.5, 0.6) is 0 Å². The van der Waals surface area contributed by atoms with Crippen molar-refractivity contribution in [1.29, 1.82) is 0 Å². The van der Waals surface area contributed by atoms with Gasteiger partial charge in [-0.05, 0) is 25.3 Å². The summed E-state index contributed by atoms with van der Waals surface area (Å²) in [6.45, 7) is 1.93. The number of rotatable bonds is 3. The van der Waals surface area contributed by atoms with Gasteiger partial charge in [-0.15, -0.1) is 11.8 Å². The van der Waals surface area contributed by atoms with E-state index in [1.807, 2.05) is 24.3 Å². The zero-order valence-corrected chi connectivity index (χ0v) is 13.1. The van der Waals surface area contributed by atoms with Crippen molar-refractivity contribution in [2.24, 2.45) is 0 Å². The molecule has 0 radical (unpaired) electrons. The SMILES string of the molecule is CCOC(=O)c1c(SC)nc2sc3ccccc3n2c1=O. The number of thiazole rings is 1. The lowest BCUT2D eigenvalue weighted by Crippen LogP contribution is -2.25. The van der Waals surface area contributed by atoms with Crippen molar-refractivity contribution in [1.82, 2.24) is 9.38 Å². The zero-order valence-electron chi connectivity index (χ0n) is 11.5. The molecule has 0 aliphatic carbocycles. The molecule has 0 spiro atoms. The van der Waals surface area contributed by atoms with E-state index in [-0.39, 0.29) is 17.7 Å². The van der Waals surface area contributed by atoms with Crippen LogP contribution < -0.4 is 5.56 Å². The Morgan fingerprint density at radius 2 is 2.19 bits per heavy atom. The first kappa shape index (κ1) is 14.1. The zero-order chi connectivity index (χ0) is 15.0. The number of esters is 1. The largest absolute Gasteiger partial charge is 0.462 e. The monoisotopic (exact) mass is 320 g/mol. The van der Waals surface area contributed by atoms with Crippen molar-refractivity contribution in [2.45, 2.75) is 11.9 Å². The highest BCUT2D eigenvalue weighted by Crippen LogP contribution is 2.26. The fourth-order valence-electron chi connectivity index (χ4n) is 2.12. The van der Waals surface area contributed by atoms with Crippen LogP contribution in [0.25, 0.3) is 15.2 Å². The maximum Gasteiger partial charge on any atom is 0.346 e. The highest BCUT2D eigenvalue weighted by Gasteiger charge is 2.22.